The molecule has 0 bridgehead atoms. The first-order valence-corrected chi connectivity index (χ1v) is 12.9. The summed E-state index contributed by atoms with van der Waals surface area (Å²) >= 11 is 0. The number of aryl methyl sites for hydroxylation is 3. The van der Waals surface area contributed by atoms with Crippen LogP contribution >= 0.6 is 0 Å². The van der Waals surface area contributed by atoms with Crippen molar-refractivity contribution in [3.63, 3.8) is 0 Å². The Balaban J connectivity index is 1.34. The molecule has 0 atom stereocenters. The fourth-order valence-electron chi connectivity index (χ4n) is 6.68. The van der Waals surface area contributed by atoms with Gasteiger partial charge in [-0.25, -0.2) is 0 Å². The van der Waals surface area contributed by atoms with Gasteiger partial charge in [-0.05, 0) is 60.0 Å². The first-order chi connectivity index (χ1) is 18.1. The van der Waals surface area contributed by atoms with Crippen LogP contribution in [0.4, 0.5) is 0 Å². The van der Waals surface area contributed by atoms with E-state index in [1.165, 1.54) is 76.5 Å². The lowest BCUT2D eigenvalue weighted by Crippen LogP contribution is -1.90. The van der Waals surface area contributed by atoms with Gasteiger partial charge in [0, 0.05) is 75.5 Å². The molecule has 8 rings (SSSR count). The number of rotatable bonds is 2. The summed E-state index contributed by atoms with van der Waals surface area (Å²) in [5, 5.41) is 7.98. The highest BCUT2D eigenvalue weighted by atomic mass is 15.0. The van der Waals surface area contributed by atoms with E-state index in [0.717, 1.165) is 6.42 Å². The largest absolute Gasteiger partial charge is 0.344 e. The summed E-state index contributed by atoms with van der Waals surface area (Å²) in [7, 11) is 6.55. The number of aromatic nitrogens is 3. The molecule has 0 saturated heterocycles. The normalized spacial score (nSPS) is 12.3. The number of para-hydroxylation sites is 2. The topological polar surface area (TPSA) is 14.8 Å². The molecule has 0 radical (unpaired) electrons. The van der Waals surface area contributed by atoms with Crippen molar-refractivity contribution in [2.75, 3.05) is 0 Å². The summed E-state index contributed by atoms with van der Waals surface area (Å²) < 4.78 is 7.01. The molecular weight excluding hydrogens is 450 g/mol. The molecule has 178 valence electrons. The summed E-state index contributed by atoms with van der Waals surface area (Å²) in [6.07, 6.45) is 0.913. The molecule has 0 aliphatic carbocycles. The number of nitrogens with zero attached hydrogens (tertiary/aromatic N) is 3. The van der Waals surface area contributed by atoms with Crippen LogP contribution in [0.25, 0.3) is 65.4 Å². The van der Waals surface area contributed by atoms with Crippen LogP contribution in [0.5, 0.6) is 0 Å². The molecule has 3 heteroatoms. The molecule has 3 aromatic heterocycles. The van der Waals surface area contributed by atoms with Gasteiger partial charge in [0.25, 0.3) is 0 Å². The molecule has 0 aliphatic rings. The van der Waals surface area contributed by atoms with Gasteiger partial charge in [-0.15, -0.1) is 0 Å². The first-order valence-electron chi connectivity index (χ1n) is 12.9. The van der Waals surface area contributed by atoms with Gasteiger partial charge in [0.2, 0.25) is 0 Å². The van der Waals surface area contributed by atoms with Crippen LogP contribution in [-0.4, -0.2) is 13.7 Å². The lowest BCUT2D eigenvalue weighted by molar-refractivity contribution is 1.01. The van der Waals surface area contributed by atoms with E-state index in [1.807, 2.05) is 0 Å². The molecule has 0 aliphatic heterocycles. The van der Waals surface area contributed by atoms with E-state index >= 15 is 0 Å². The van der Waals surface area contributed by atoms with Crippen molar-refractivity contribution in [2.24, 2.45) is 21.1 Å². The Bertz CT molecular complexity index is 2200. The SMILES string of the molecule is Cn1c2ccccc2c2cc(Cc3ccc4c(c3)c3c(ccc5c6ccccc6n(C)c53)n4C)ccc21. The van der Waals surface area contributed by atoms with E-state index < -0.39 is 0 Å². The van der Waals surface area contributed by atoms with Gasteiger partial charge in [-0.1, -0.05) is 54.6 Å². The standard InChI is InChI=1S/C34H27N3/c1-35-28-10-6-5-9-24(28)26-19-21(12-15-30(26)35)18-22-13-16-31-27(20-22)33-32(36(31)2)17-14-25-23-8-4-7-11-29(23)37(3)34(25)33/h4-17,19-20H,18H2,1-3H3. The van der Waals surface area contributed by atoms with Gasteiger partial charge in [-0.2, -0.15) is 0 Å². The minimum absolute atomic E-state index is 0.913. The molecule has 8 aromatic rings. The van der Waals surface area contributed by atoms with Crippen molar-refractivity contribution in [3.05, 3.63) is 108 Å². The number of benzene rings is 5. The van der Waals surface area contributed by atoms with E-state index in [0.29, 0.717) is 0 Å². The second-order valence-electron chi connectivity index (χ2n) is 10.4. The van der Waals surface area contributed by atoms with Crippen molar-refractivity contribution < 1.29 is 0 Å². The van der Waals surface area contributed by atoms with E-state index in [-0.39, 0.29) is 0 Å². The summed E-state index contributed by atoms with van der Waals surface area (Å²) in [6.45, 7) is 0. The van der Waals surface area contributed by atoms with Crippen molar-refractivity contribution in [1.29, 1.82) is 0 Å². The van der Waals surface area contributed by atoms with Crippen LogP contribution in [0, 0.1) is 0 Å². The van der Waals surface area contributed by atoms with Crippen LogP contribution in [-0.2, 0) is 27.6 Å². The van der Waals surface area contributed by atoms with Crippen molar-refractivity contribution in [3.8, 4) is 0 Å². The monoisotopic (exact) mass is 477 g/mol. The fraction of sp³-hybridized carbons (Fsp3) is 0.118. The zero-order chi connectivity index (χ0) is 24.8. The summed E-state index contributed by atoms with van der Waals surface area (Å²) in [5.41, 5.74) is 10.4. The van der Waals surface area contributed by atoms with Gasteiger partial charge < -0.3 is 13.7 Å². The van der Waals surface area contributed by atoms with E-state index in [1.54, 1.807) is 0 Å². The van der Waals surface area contributed by atoms with Crippen molar-refractivity contribution >= 4 is 65.4 Å². The minimum Gasteiger partial charge on any atom is -0.344 e. The molecule has 0 unspecified atom stereocenters. The molecular formula is C34H27N3. The van der Waals surface area contributed by atoms with Crippen molar-refractivity contribution in [1.82, 2.24) is 13.7 Å². The van der Waals surface area contributed by atoms with Gasteiger partial charge in [0.05, 0.1) is 11.0 Å². The molecule has 37 heavy (non-hydrogen) atoms. The average Bonchev–Trinajstić information content (AvgIpc) is 3.50. The Morgan fingerprint density at radius 2 is 0.946 bits per heavy atom. The predicted molar refractivity (Wildman–Crippen MR) is 158 cm³/mol. The maximum atomic E-state index is 2.42. The third-order valence-electron chi connectivity index (χ3n) is 8.49. The van der Waals surface area contributed by atoms with Crippen molar-refractivity contribution in [2.45, 2.75) is 6.42 Å². The second kappa shape index (κ2) is 7.27. The highest BCUT2D eigenvalue weighted by Crippen LogP contribution is 2.39. The summed E-state index contributed by atoms with van der Waals surface area (Å²) in [4.78, 5) is 0. The van der Waals surface area contributed by atoms with E-state index in [4.69, 9.17) is 0 Å². The number of hydrogen-bond donors (Lipinski definition) is 0. The molecule has 3 nitrogen and oxygen atoms in total. The fourth-order valence-corrected chi connectivity index (χ4v) is 6.68. The molecule has 0 N–H and O–H groups in total. The highest BCUT2D eigenvalue weighted by molar-refractivity contribution is 6.25. The van der Waals surface area contributed by atoms with Crippen LogP contribution < -0.4 is 0 Å². The first kappa shape index (κ1) is 20.7. The summed E-state index contributed by atoms with van der Waals surface area (Å²) in [6, 6.07) is 36.0. The molecule has 0 saturated carbocycles. The van der Waals surface area contributed by atoms with E-state index in [9.17, 15) is 0 Å². The zero-order valence-electron chi connectivity index (χ0n) is 21.3. The maximum absolute atomic E-state index is 2.42. The third-order valence-corrected chi connectivity index (χ3v) is 8.49. The van der Waals surface area contributed by atoms with E-state index in [2.05, 4.69) is 132 Å². The molecule has 0 amide bonds. The second-order valence-corrected chi connectivity index (χ2v) is 10.4. The Hall–Kier alpha value is -4.50. The van der Waals surface area contributed by atoms with Gasteiger partial charge in [0.15, 0.2) is 0 Å². The Morgan fingerprint density at radius 1 is 0.432 bits per heavy atom. The number of fused-ring (bicyclic) bond motifs is 10. The van der Waals surface area contributed by atoms with Crippen LogP contribution in [0.15, 0.2) is 97.1 Å². The lowest BCUT2D eigenvalue weighted by Gasteiger charge is -2.05. The average molecular weight is 478 g/mol. The Labute approximate surface area is 214 Å². The molecule has 3 heterocycles. The van der Waals surface area contributed by atoms with Crippen LogP contribution in [0.2, 0.25) is 0 Å². The lowest BCUT2D eigenvalue weighted by atomic mass is 10.00. The van der Waals surface area contributed by atoms with Gasteiger partial charge in [-0.3, -0.25) is 0 Å². The third kappa shape index (κ3) is 2.71. The number of hydrogen-bond acceptors (Lipinski definition) is 0. The van der Waals surface area contributed by atoms with Crippen LogP contribution in [0.1, 0.15) is 11.1 Å². The van der Waals surface area contributed by atoms with Gasteiger partial charge in [0.1, 0.15) is 0 Å². The van der Waals surface area contributed by atoms with Crippen LogP contribution in [0.3, 0.4) is 0 Å². The quantitative estimate of drug-likeness (QED) is 0.238. The smallest absolute Gasteiger partial charge is 0.0590 e. The minimum atomic E-state index is 0.913. The zero-order valence-corrected chi connectivity index (χ0v) is 21.3. The Kier molecular flexibility index (Phi) is 4.06. The molecule has 5 aromatic carbocycles. The Morgan fingerprint density at radius 3 is 1.68 bits per heavy atom. The van der Waals surface area contributed by atoms with Gasteiger partial charge >= 0.3 is 0 Å². The highest BCUT2D eigenvalue weighted by Gasteiger charge is 2.17. The molecule has 0 fully saturated rings. The molecule has 0 spiro atoms. The predicted octanol–water partition coefficient (Wildman–Crippen LogP) is 8.21. The summed E-state index contributed by atoms with van der Waals surface area (Å²) in [5.74, 6) is 0. The maximum Gasteiger partial charge on any atom is 0.0590 e.